The monoisotopic (exact) mass is 256 g/mol. The van der Waals surface area contributed by atoms with Crippen LogP contribution in [0.15, 0.2) is 29.1 Å². The van der Waals surface area contributed by atoms with E-state index in [1.165, 1.54) is 5.56 Å². The molecule has 2 heterocycles. The van der Waals surface area contributed by atoms with Gasteiger partial charge in [0.15, 0.2) is 0 Å². The standard InChI is InChI=1S/C14H16N4O/c1-9-2-4-10(5-3-9)16-14-17-12-8-15-7-6-11(12)13(19)18-14/h2-5,15H,6-8H2,1H3,(H2,16,17,18,19). The van der Waals surface area contributed by atoms with E-state index >= 15 is 0 Å². The second-order valence-electron chi connectivity index (χ2n) is 4.76. The van der Waals surface area contributed by atoms with Gasteiger partial charge in [-0.05, 0) is 32.0 Å². The molecule has 1 aromatic carbocycles. The van der Waals surface area contributed by atoms with E-state index in [0.29, 0.717) is 12.5 Å². The SMILES string of the molecule is Cc1ccc(Nc2nc3c(c(=O)[nH]2)CCNC3)cc1. The van der Waals surface area contributed by atoms with Crippen LogP contribution >= 0.6 is 0 Å². The van der Waals surface area contributed by atoms with Crippen LogP contribution in [-0.4, -0.2) is 16.5 Å². The van der Waals surface area contributed by atoms with Crippen molar-refractivity contribution in [3.63, 3.8) is 0 Å². The minimum absolute atomic E-state index is 0.0406. The van der Waals surface area contributed by atoms with Crippen molar-refractivity contribution in [2.45, 2.75) is 19.9 Å². The number of rotatable bonds is 2. The van der Waals surface area contributed by atoms with Gasteiger partial charge in [0.1, 0.15) is 0 Å². The lowest BCUT2D eigenvalue weighted by Crippen LogP contribution is -2.31. The molecule has 0 unspecified atom stereocenters. The molecule has 3 N–H and O–H groups in total. The van der Waals surface area contributed by atoms with Crippen LogP contribution in [0.25, 0.3) is 0 Å². The zero-order valence-electron chi connectivity index (χ0n) is 10.8. The van der Waals surface area contributed by atoms with Gasteiger partial charge >= 0.3 is 0 Å². The predicted molar refractivity (Wildman–Crippen MR) is 74.7 cm³/mol. The Morgan fingerprint density at radius 3 is 2.84 bits per heavy atom. The van der Waals surface area contributed by atoms with Gasteiger partial charge in [0.05, 0.1) is 5.69 Å². The number of benzene rings is 1. The van der Waals surface area contributed by atoms with E-state index in [4.69, 9.17) is 0 Å². The molecule has 19 heavy (non-hydrogen) atoms. The van der Waals surface area contributed by atoms with Gasteiger partial charge in [-0.1, -0.05) is 17.7 Å². The van der Waals surface area contributed by atoms with Crippen LogP contribution in [0.5, 0.6) is 0 Å². The molecule has 2 aromatic rings. The highest BCUT2D eigenvalue weighted by molar-refractivity contribution is 5.53. The second kappa shape index (κ2) is 4.85. The Labute approximate surface area is 111 Å². The lowest BCUT2D eigenvalue weighted by Gasteiger charge is -2.16. The lowest BCUT2D eigenvalue weighted by molar-refractivity contribution is 0.620. The Hall–Kier alpha value is -2.14. The maximum Gasteiger partial charge on any atom is 0.255 e. The van der Waals surface area contributed by atoms with Crippen LogP contribution in [0.1, 0.15) is 16.8 Å². The van der Waals surface area contributed by atoms with Gasteiger partial charge in [0, 0.05) is 17.8 Å². The molecule has 0 saturated carbocycles. The molecule has 0 atom stereocenters. The van der Waals surface area contributed by atoms with Crippen molar-refractivity contribution in [3.8, 4) is 0 Å². The zero-order chi connectivity index (χ0) is 13.2. The summed E-state index contributed by atoms with van der Waals surface area (Å²) in [7, 11) is 0. The van der Waals surface area contributed by atoms with E-state index in [9.17, 15) is 4.79 Å². The number of hydrogen-bond acceptors (Lipinski definition) is 4. The van der Waals surface area contributed by atoms with Crippen LogP contribution in [0, 0.1) is 6.92 Å². The largest absolute Gasteiger partial charge is 0.326 e. The molecule has 5 nitrogen and oxygen atoms in total. The smallest absolute Gasteiger partial charge is 0.255 e. The second-order valence-corrected chi connectivity index (χ2v) is 4.76. The molecule has 0 amide bonds. The molecule has 1 aliphatic rings. The molecule has 0 bridgehead atoms. The summed E-state index contributed by atoms with van der Waals surface area (Å²) in [4.78, 5) is 19.2. The highest BCUT2D eigenvalue weighted by Crippen LogP contribution is 2.14. The van der Waals surface area contributed by atoms with E-state index in [0.717, 1.165) is 29.9 Å². The van der Waals surface area contributed by atoms with Crippen molar-refractivity contribution in [2.75, 3.05) is 11.9 Å². The molecule has 98 valence electrons. The normalized spacial score (nSPS) is 13.9. The lowest BCUT2D eigenvalue weighted by atomic mass is 10.1. The number of nitrogens with zero attached hydrogens (tertiary/aromatic N) is 1. The molecule has 0 aliphatic carbocycles. The quantitative estimate of drug-likeness (QED) is 0.761. The fourth-order valence-electron chi connectivity index (χ4n) is 2.20. The number of aromatic amines is 1. The van der Waals surface area contributed by atoms with Gasteiger partial charge in [-0.15, -0.1) is 0 Å². The van der Waals surface area contributed by atoms with Gasteiger partial charge < -0.3 is 10.6 Å². The third-order valence-electron chi connectivity index (χ3n) is 3.26. The summed E-state index contributed by atoms with van der Waals surface area (Å²) in [6.07, 6.45) is 0.739. The van der Waals surface area contributed by atoms with Crippen LogP contribution in [0.2, 0.25) is 0 Å². The summed E-state index contributed by atoms with van der Waals surface area (Å²) in [5.74, 6) is 0.497. The number of aromatic nitrogens is 2. The van der Waals surface area contributed by atoms with Crippen LogP contribution in [0.3, 0.4) is 0 Å². The minimum atomic E-state index is -0.0406. The van der Waals surface area contributed by atoms with Crippen LogP contribution in [0.4, 0.5) is 11.6 Å². The van der Waals surface area contributed by atoms with E-state index in [2.05, 4.69) is 20.6 Å². The molecule has 0 fully saturated rings. The average Bonchev–Trinajstić information content (AvgIpc) is 2.42. The molecule has 1 aromatic heterocycles. The number of H-pyrrole nitrogens is 1. The number of fused-ring (bicyclic) bond motifs is 1. The third-order valence-corrected chi connectivity index (χ3v) is 3.26. The maximum absolute atomic E-state index is 12.0. The van der Waals surface area contributed by atoms with Crippen LogP contribution < -0.4 is 16.2 Å². The molecular formula is C14H16N4O. The van der Waals surface area contributed by atoms with E-state index < -0.39 is 0 Å². The predicted octanol–water partition coefficient (Wildman–Crippen LogP) is 1.47. The molecular weight excluding hydrogens is 240 g/mol. The average molecular weight is 256 g/mol. The summed E-state index contributed by atoms with van der Waals surface area (Å²) < 4.78 is 0. The van der Waals surface area contributed by atoms with Crippen molar-refractivity contribution >= 4 is 11.6 Å². The Balaban J connectivity index is 1.91. The fraction of sp³-hybridized carbons (Fsp3) is 0.286. The van der Waals surface area contributed by atoms with Crippen molar-refractivity contribution in [3.05, 3.63) is 51.4 Å². The summed E-state index contributed by atoms with van der Waals surface area (Å²) in [6, 6.07) is 7.96. The van der Waals surface area contributed by atoms with Crippen molar-refractivity contribution in [1.82, 2.24) is 15.3 Å². The molecule has 0 spiro atoms. The molecule has 1 aliphatic heterocycles. The first kappa shape index (κ1) is 11.9. The van der Waals surface area contributed by atoms with Gasteiger partial charge in [0.2, 0.25) is 5.95 Å². The van der Waals surface area contributed by atoms with E-state index in [1.807, 2.05) is 31.2 Å². The minimum Gasteiger partial charge on any atom is -0.326 e. The highest BCUT2D eigenvalue weighted by Gasteiger charge is 2.14. The fourth-order valence-corrected chi connectivity index (χ4v) is 2.20. The number of anilines is 2. The Morgan fingerprint density at radius 2 is 2.05 bits per heavy atom. The molecule has 3 rings (SSSR count). The van der Waals surface area contributed by atoms with Gasteiger partial charge in [-0.2, -0.15) is 0 Å². The van der Waals surface area contributed by atoms with Crippen molar-refractivity contribution in [2.24, 2.45) is 0 Å². The topological polar surface area (TPSA) is 69.8 Å². The van der Waals surface area contributed by atoms with Gasteiger partial charge in [-0.3, -0.25) is 9.78 Å². The Kier molecular flexibility index (Phi) is 3.05. The first-order chi connectivity index (χ1) is 9.22. The summed E-state index contributed by atoms with van der Waals surface area (Å²) in [5.41, 5.74) is 3.71. The summed E-state index contributed by atoms with van der Waals surface area (Å²) in [5, 5.41) is 6.35. The highest BCUT2D eigenvalue weighted by atomic mass is 16.1. The molecule has 5 heteroatoms. The zero-order valence-corrected chi connectivity index (χ0v) is 10.8. The van der Waals surface area contributed by atoms with Crippen LogP contribution in [-0.2, 0) is 13.0 Å². The van der Waals surface area contributed by atoms with Crippen molar-refractivity contribution < 1.29 is 0 Å². The molecule has 0 radical (unpaired) electrons. The van der Waals surface area contributed by atoms with Crippen molar-refractivity contribution in [1.29, 1.82) is 0 Å². The number of nitrogens with one attached hydrogen (secondary N) is 3. The van der Waals surface area contributed by atoms with Gasteiger partial charge in [-0.25, -0.2) is 4.98 Å². The summed E-state index contributed by atoms with van der Waals surface area (Å²) in [6.45, 7) is 3.53. The number of aryl methyl sites for hydroxylation is 1. The van der Waals surface area contributed by atoms with E-state index in [1.54, 1.807) is 0 Å². The third kappa shape index (κ3) is 2.51. The molecule has 0 saturated heterocycles. The summed E-state index contributed by atoms with van der Waals surface area (Å²) >= 11 is 0. The maximum atomic E-state index is 12.0. The van der Waals surface area contributed by atoms with E-state index in [-0.39, 0.29) is 5.56 Å². The Morgan fingerprint density at radius 1 is 1.26 bits per heavy atom. The first-order valence-corrected chi connectivity index (χ1v) is 6.39. The first-order valence-electron chi connectivity index (χ1n) is 6.39. The Bertz CT molecular complexity index is 645. The van der Waals surface area contributed by atoms with Gasteiger partial charge in [0.25, 0.3) is 5.56 Å². The number of hydrogen-bond donors (Lipinski definition) is 3.